The summed E-state index contributed by atoms with van der Waals surface area (Å²) in [6, 6.07) is 0. The van der Waals surface area contributed by atoms with Crippen LogP contribution in [0.25, 0.3) is 0 Å². The Morgan fingerprint density at radius 3 is 2.50 bits per heavy atom. The van der Waals surface area contributed by atoms with E-state index >= 15 is 0 Å². The third-order valence-electron chi connectivity index (χ3n) is 1.98. The van der Waals surface area contributed by atoms with E-state index in [9.17, 15) is 9.59 Å². The van der Waals surface area contributed by atoms with Crippen molar-refractivity contribution in [2.24, 2.45) is 0 Å². The lowest BCUT2D eigenvalue weighted by atomic mass is 10.1. The molecule has 0 aromatic rings. The molecule has 4 heteroatoms. The first-order valence-corrected chi connectivity index (χ1v) is 4.15. The molecule has 0 radical (unpaired) electrons. The summed E-state index contributed by atoms with van der Waals surface area (Å²) in [4.78, 5) is 23.1. The van der Waals surface area contributed by atoms with Gasteiger partial charge in [0.2, 0.25) is 0 Å². The van der Waals surface area contributed by atoms with Crippen LogP contribution in [-0.2, 0) is 4.79 Å². The van der Waals surface area contributed by atoms with Gasteiger partial charge >= 0.3 is 5.37 Å². The van der Waals surface area contributed by atoms with Gasteiger partial charge in [0.1, 0.15) is 0 Å². The maximum atomic E-state index is 11.4. The normalized spacial score (nSPS) is 17.6. The standard InChI is InChI=1S/C8H10ClNO2/c1-3-6-5(2)4-10(7(6)11)8(9)12/h3-4H2,1-2H3. The molecule has 0 spiro atoms. The molecule has 0 aromatic heterocycles. The van der Waals surface area contributed by atoms with Gasteiger partial charge in [-0.2, -0.15) is 0 Å². The summed E-state index contributed by atoms with van der Waals surface area (Å²) in [6.07, 6.45) is 0.658. The number of nitrogens with zero attached hydrogens (tertiary/aromatic N) is 1. The first-order chi connectivity index (χ1) is 5.57. The van der Waals surface area contributed by atoms with Crippen molar-refractivity contribution in [2.75, 3.05) is 6.54 Å². The van der Waals surface area contributed by atoms with Crippen molar-refractivity contribution in [3.63, 3.8) is 0 Å². The van der Waals surface area contributed by atoms with Gasteiger partial charge in [-0.1, -0.05) is 6.92 Å². The Hall–Kier alpha value is -0.830. The number of amides is 2. The SMILES string of the molecule is CCC1=C(C)CN(C(=O)Cl)C1=O. The van der Waals surface area contributed by atoms with E-state index in [1.165, 1.54) is 0 Å². The predicted molar refractivity (Wildman–Crippen MR) is 46.0 cm³/mol. The summed E-state index contributed by atoms with van der Waals surface area (Å²) in [7, 11) is 0. The molecule has 12 heavy (non-hydrogen) atoms. The van der Waals surface area contributed by atoms with E-state index in [0.717, 1.165) is 10.5 Å². The fraction of sp³-hybridized carbons (Fsp3) is 0.500. The first kappa shape index (κ1) is 9.26. The number of hydrogen-bond donors (Lipinski definition) is 0. The molecule has 3 nitrogen and oxygen atoms in total. The summed E-state index contributed by atoms with van der Waals surface area (Å²) in [5.74, 6) is -0.241. The highest BCUT2D eigenvalue weighted by molar-refractivity contribution is 6.64. The zero-order valence-corrected chi connectivity index (χ0v) is 7.81. The fourth-order valence-electron chi connectivity index (χ4n) is 1.34. The average Bonchev–Trinajstić information content (AvgIpc) is 2.27. The van der Waals surface area contributed by atoms with Crippen LogP contribution in [0.3, 0.4) is 0 Å². The van der Waals surface area contributed by atoms with Crippen molar-refractivity contribution in [1.29, 1.82) is 0 Å². The molecule has 0 N–H and O–H groups in total. The van der Waals surface area contributed by atoms with E-state index in [-0.39, 0.29) is 5.91 Å². The summed E-state index contributed by atoms with van der Waals surface area (Å²) in [5.41, 5.74) is 1.65. The molecule has 1 aliphatic rings. The van der Waals surface area contributed by atoms with Crippen LogP contribution < -0.4 is 0 Å². The fourth-order valence-corrected chi connectivity index (χ4v) is 1.48. The van der Waals surface area contributed by atoms with E-state index in [1.54, 1.807) is 0 Å². The maximum absolute atomic E-state index is 11.4. The molecule has 0 unspecified atom stereocenters. The minimum Gasteiger partial charge on any atom is -0.269 e. The lowest BCUT2D eigenvalue weighted by molar-refractivity contribution is -0.122. The van der Waals surface area contributed by atoms with Gasteiger partial charge in [-0.15, -0.1) is 0 Å². The third-order valence-corrected chi connectivity index (χ3v) is 2.18. The summed E-state index contributed by atoms with van der Waals surface area (Å²) in [6.45, 7) is 4.08. The Morgan fingerprint density at radius 1 is 1.67 bits per heavy atom. The van der Waals surface area contributed by atoms with E-state index in [1.807, 2.05) is 13.8 Å². The highest BCUT2D eigenvalue weighted by atomic mass is 35.5. The second-order valence-corrected chi connectivity index (χ2v) is 3.08. The van der Waals surface area contributed by atoms with Gasteiger partial charge in [-0.3, -0.25) is 14.5 Å². The smallest absolute Gasteiger partial charge is 0.269 e. The van der Waals surface area contributed by atoms with Crippen LogP contribution in [-0.4, -0.2) is 22.7 Å². The molecule has 0 aromatic carbocycles. The van der Waals surface area contributed by atoms with E-state index in [4.69, 9.17) is 11.6 Å². The summed E-state index contributed by atoms with van der Waals surface area (Å²) >= 11 is 5.21. The second kappa shape index (κ2) is 3.27. The van der Waals surface area contributed by atoms with Crippen molar-refractivity contribution in [2.45, 2.75) is 20.3 Å². The zero-order valence-electron chi connectivity index (χ0n) is 7.06. The van der Waals surface area contributed by atoms with Crippen LogP contribution >= 0.6 is 11.6 Å². The minimum absolute atomic E-state index is 0.241. The van der Waals surface area contributed by atoms with Crippen LogP contribution in [0.1, 0.15) is 20.3 Å². The van der Waals surface area contributed by atoms with Crippen LogP contribution in [0.4, 0.5) is 4.79 Å². The van der Waals surface area contributed by atoms with Crippen LogP contribution in [0.2, 0.25) is 0 Å². The largest absolute Gasteiger partial charge is 0.323 e. The number of halogens is 1. The topological polar surface area (TPSA) is 37.4 Å². The predicted octanol–water partition coefficient (Wildman–Crippen LogP) is 1.91. The van der Waals surface area contributed by atoms with Gasteiger partial charge in [0.15, 0.2) is 0 Å². The number of rotatable bonds is 1. The molecule has 0 saturated heterocycles. The molecule has 66 valence electrons. The van der Waals surface area contributed by atoms with Crippen molar-refractivity contribution in [3.05, 3.63) is 11.1 Å². The van der Waals surface area contributed by atoms with Crippen molar-refractivity contribution >= 4 is 22.9 Å². The Balaban J connectivity index is 2.87. The Kier molecular flexibility index (Phi) is 2.52. The summed E-state index contributed by atoms with van der Waals surface area (Å²) < 4.78 is 0. The number of carbonyl (C=O) groups excluding carboxylic acids is 2. The van der Waals surface area contributed by atoms with Gasteiger partial charge in [-0.05, 0) is 30.5 Å². The molecule has 0 bridgehead atoms. The first-order valence-electron chi connectivity index (χ1n) is 3.77. The van der Waals surface area contributed by atoms with Gasteiger partial charge in [0, 0.05) is 5.57 Å². The molecule has 0 atom stereocenters. The molecular weight excluding hydrogens is 178 g/mol. The summed E-state index contributed by atoms with van der Waals surface area (Å²) in [5, 5.41) is -0.692. The average molecular weight is 188 g/mol. The van der Waals surface area contributed by atoms with Crippen LogP contribution in [0.15, 0.2) is 11.1 Å². The number of hydrogen-bond acceptors (Lipinski definition) is 2. The van der Waals surface area contributed by atoms with Crippen LogP contribution in [0, 0.1) is 0 Å². The highest BCUT2D eigenvalue weighted by Gasteiger charge is 2.30. The third kappa shape index (κ3) is 1.37. The Morgan fingerprint density at radius 2 is 2.25 bits per heavy atom. The quantitative estimate of drug-likeness (QED) is 0.465. The van der Waals surface area contributed by atoms with Crippen LogP contribution in [0.5, 0.6) is 0 Å². The second-order valence-electron chi connectivity index (χ2n) is 2.76. The molecule has 0 fully saturated rings. The van der Waals surface area contributed by atoms with Crippen molar-refractivity contribution < 1.29 is 9.59 Å². The minimum atomic E-state index is -0.692. The molecule has 0 aliphatic carbocycles. The molecule has 1 heterocycles. The van der Waals surface area contributed by atoms with Gasteiger partial charge in [0.25, 0.3) is 5.91 Å². The van der Waals surface area contributed by atoms with E-state index in [2.05, 4.69) is 0 Å². The van der Waals surface area contributed by atoms with Gasteiger partial charge in [0.05, 0.1) is 6.54 Å². The van der Waals surface area contributed by atoms with Gasteiger partial charge in [-0.25, -0.2) is 0 Å². The molecule has 2 amide bonds. The van der Waals surface area contributed by atoms with Crippen molar-refractivity contribution in [1.82, 2.24) is 4.90 Å². The molecule has 1 rings (SSSR count). The Bertz CT molecular complexity index is 270. The monoisotopic (exact) mass is 187 g/mol. The highest BCUT2D eigenvalue weighted by Crippen LogP contribution is 2.22. The lowest BCUT2D eigenvalue weighted by Crippen LogP contribution is -2.29. The Labute approximate surface area is 76.0 Å². The number of carbonyl (C=O) groups is 2. The van der Waals surface area contributed by atoms with E-state index in [0.29, 0.717) is 18.5 Å². The maximum Gasteiger partial charge on any atom is 0.323 e. The van der Waals surface area contributed by atoms with Gasteiger partial charge < -0.3 is 0 Å². The molecule has 1 aliphatic heterocycles. The molecule has 0 saturated carbocycles. The zero-order chi connectivity index (χ0) is 9.30. The van der Waals surface area contributed by atoms with E-state index < -0.39 is 5.37 Å². The lowest BCUT2D eigenvalue weighted by Gasteiger charge is -2.08. The van der Waals surface area contributed by atoms with Crippen molar-refractivity contribution in [3.8, 4) is 0 Å². The molecular formula is C8H10ClNO2. The number of imide groups is 1.